The number of rotatable bonds is 4. The molecule has 4 rings (SSSR count). The molecule has 0 bridgehead atoms. The molecule has 0 saturated heterocycles. The van der Waals surface area contributed by atoms with Crippen molar-refractivity contribution >= 4 is 10.8 Å². The lowest BCUT2D eigenvalue weighted by atomic mass is 9.69. The Bertz CT molecular complexity index is 768. The minimum absolute atomic E-state index is 0.0655. The molecule has 4 atom stereocenters. The Kier molecular flexibility index (Phi) is 4.94. The van der Waals surface area contributed by atoms with E-state index in [1.807, 2.05) is 13.0 Å². The summed E-state index contributed by atoms with van der Waals surface area (Å²) in [7, 11) is 0. The number of hydrogen-bond acceptors (Lipinski definition) is 3. The zero-order valence-electron chi connectivity index (χ0n) is 15.8. The van der Waals surface area contributed by atoms with Crippen LogP contribution in [0.1, 0.15) is 57.4 Å². The molecule has 26 heavy (non-hydrogen) atoms. The number of nitrogens with two attached hydrogens (primary N) is 1. The largest absolute Gasteiger partial charge is 0.490 e. The summed E-state index contributed by atoms with van der Waals surface area (Å²) < 4.78 is 6.49. The smallest absolute Gasteiger partial charge is 0.120 e. The Balaban J connectivity index is 1.55. The van der Waals surface area contributed by atoms with Crippen LogP contribution in [0.5, 0.6) is 5.75 Å². The highest BCUT2D eigenvalue weighted by atomic mass is 16.5. The molecule has 140 valence electrons. The normalized spacial score (nSPS) is 28.3. The van der Waals surface area contributed by atoms with Crippen LogP contribution in [0.2, 0.25) is 0 Å². The van der Waals surface area contributed by atoms with E-state index in [0.29, 0.717) is 6.10 Å². The predicted octanol–water partition coefficient (Wildman–Crippen LogP) is 4.74. The highest BCUT2D eigenvalue weighted by molar-refractivity contribution is 5.84. The zero-order valence-corrected chi connectivity index (χ0v) is 15.8. The van der Waals surface area contributed by atoms with Crippen molar-refractivity contribution in [2.24, 2.45) is 17.6 Å². The number of ether oxygens (including phenoxy) is 1. The van der Waals surface area contributed by atoms with E-state index in [-0.39, 0.29) is 6.61 Å². The third-order valence-electron chi connectivity index (χ3n) is 6.60. The Morgan fingerprint density at radius 3 is 2.58 bits per heavy atom. The molecule has 2 aromatic carbocycles. The van der Waals surface area contributed by atoms with Crippen LogP contribution < -0.4 is 10.5 Å². The summed E-state index contributed by atoms with van der Waals surface area (Å²) in [5.41, 5.74) is 6.42. The minimum atomic E-state index is -0.707. The van der Waals surface area contributed by atoms with Crippen molar-refractivity contribution in [1.29, 1.82) is 0 Å². The Hall–Kier alpha value is -1.58. The number of fused-ring (bicyclic) bond motifs is 2. The molecule has 2 aliphatic carbocycles. The second-order valence-corrected chi connectivity index (χ2v) is 8.59. The van der Waals surface area contributed by atoms with Gasteiger partial charge in [-0.05, 0) is 79.0 Å². The molecule has 3 nitrogen and oxygen atoms in total. The van der Waals surface area contributed by atoms with E-state index in [0.717, 1.165) is 33.9 Å². The Labute approximate surface area is 156 Å². The summed E-state index contributed by atoms with van der Waals surface area (Å²) in [6.07, 6.45) is 9.78. The van der Waals surface area contributed by atoms with Crippen LogP contribution in [0, 0.1) is 11.8 Å². The number of hydrogen-bond donors (Lipinski definition) is 2. The third-order valence-corrected chi connectivity index (χ3v) is 6.60. The molecule has 2 aliphatic rings. The summed E-state index contributed by atoms with van der Waals surface area (Å²) in [6, 6.07) is 12.5. The first kappa shape index (κ1) is 17.8. The average Bonchev–Trinajstić information content (AvgIpc) is 2.68. The van der Waals surface area contributed by atoms with E-state index in [1.54, 1.807) is 0 Å². The molecule has 0 spiro atoms. The summed E-state index contributed by atoms with van der Waals surface area (Å²) in [4.78, 5) is 0. The fourth-order valence-electron chi connectivity index (χ4n) is 4.94. The quantitative estimate of drug-likeness (QED) is 0.834. The Morgan fingerprint density at radius 2 is 1.73 bits per heavy atom. The highest BCUT2D eigenvalue weighted by Crippen LogP contribution is 2.42. The van der Waals surface area contributed by atoms with Crippen molar-refractivity contribution in [1.82, 2.24) is 0 Å². The van der Waals surface area contributed by atoms with E-state index in [1.165, 1.54) is 44.9 Å². The van der Waals surface area contributed by atoms with Gasteiger partial charge in [0.25, 0.3) is 0 Å². The van der Waals surface area contributed by atoms with Crippen molar-refractivity contribution in [2.45, 2.75) is 63.5 Å². The molecular weight excluding hydrogens is 322 g/mol. The molecule has 0 aromatic heterocycles. The van der Waals surface area contributed by atoms with Gasteiger partial charge in [-0.1, -0.05) is 37.5 Å². The molecular formula is C23H31NO2. The molecule has 3 N–H and O–H groups in total. The Morgan fingerprint density at radius 1 is 1.00 bits per heavy atom. The van der Waals surface area contributed by atoms with E-state index in [9.17, 15) is 5.11 Å². The molecule has 3 unspecified atom stereocenters. The van der Waals surface area contributed by atoms with E-state index in [4.69, 9.17) is 10.5 Å². The van der Waals surface area contributed by atoms with Crippen molar-refractivity contribution in [3.63, 3.8) is 0 Å². The average molecular weight is 354 g/mol. The molecule has 2 fully saturated rings. The molecule has 2 saturated carbocycles. The van der Waals surface area contributed by atoms with E-state index in [2.05, 4.69) is 30.3 Å². The maximum absolute atomic E-state index is 9.50. The van der Waals surface area contributed by atoms with Gasteiger partial charge in [0, 0.05) is 0 Å². The van der Waals surface area contributed by atoms with Gasteiger partial charge in [0.2, 0.25) is 0 Å². The standard InChI is InChI=1S/C23H31NO2/c1-23(24,15-25)19-11-9-18-14-20(12-10-17(18)13-19)26-22-8-4-6-16-5-2-3-7-21(16)22/h9-14,16,21-22,25H,2-8,15,24H2,1H3/t16?,21?,22-,23?/m1/s1. The van der Waals surface area contributed by atoms with Crippen LogP contribution in [0.25, 0.3) is 10.8 Å². The lowest BCUT2D eigenvalue weighted by Gasteiger charge is -2.41. The summed E-state index contributed by atoms with van der Waals surface area (Å²) in [5, 5.41) is 11.8. The fraction of sp³-hybridized carbons (Fsp3) is 0.565. The number of aliphatic hydroxyl groups is 1. The van der Waals surface area contributed by atoms with Crippen molar-refractivity contribution in [2.75, 3.05) is 6.61 Å². The molecule has 2 aromatic rings. The summed E-state index contributed by atoms with van der Waals surface area (Å²) in [5.74, 6) is 2.61. The van der Waals surface area contributed by atoms with Gasteiger partial charge in [-0.2, -0.15) is 0 Å². The van der Waals surface area contributed by atoms with Crippen LogP contribution in [0.15, 0.2) is 36.4 Å². The van der Waals surface area contributed by atoms with E-state index < -0.39 is 5.54 Å². The summed E-state index contributed by atoms with van der Waals surface area (Å²) in [6.45, 7) is 1.79. The first-order valence-electron chi connectivity index (χ1n) is 10.2. The van der Waals surface area contributed by atoms with Crippen LogP contribution in [-0.2, 0) is 5.54 Å². The first-order valence-corrected chi connectivity index (χ1v) is 10.2. The van der Waals surface area contributed by atoms with Gasteiger partial charge >= 0.3 is 0 Å². The number of benzene rings is 2. The van der Waals surface area contributed by atoms with Gasteiger partial charge < -0.3 is 15.6 Å². The molecule has 0 amide bonds. The second kappa shape index (κ2) is 7.21. The zero-order chi connectivity index (χ0) is 18.1. The van der Waals surface area contributed by atoms with Crippen molar-refractivity contribution in [3.8, 4) is 5.75 Å². The number of aliphatic hydroxyl groups excluding tert-OH is 1. The van der Waals surface area contributed by atoms with Gasteiger partial charge in [0.1, 0.15) is 11.9 Å². The van der Waals surface area contributed by atoms with Crippen LogP contribution in [-0.4, -0.2) is 17.8 Å². The van der Waals surface area contributed by atoms with Crippen LogP contribution in [0.4, 0.5) is 0 Å². The molecule has 0 aliphatic heterocycles. The van der Waals surface area contributed by atoms with E-state index >= 15 is 0 Å². The second-order valence-electron chi connectivity index (χ2n) is 8.59. The van der Waals surface area contributed by atoms with Gasteiger partial charge in [0.15, 0.2) is 0 Å². The van der Waals surface area contributed by atoms with Crippen molar-refractivity contribution < 1.29 is 9.84 Å². The lowest BCUT2D eigenvalue weighted by molar-refractivity contribution is 0.0278. The highest BCUT2D eigenvalue weighted by Gasteiger charge is 2.36. The summed E-state index contributed by atoms with van der Waals surface area (Å²) >= 11 is 0. The minimum Gasteiger partial charge on any atom is -0.490 e. The molecule has 3 heteroatoms. The fourth-order valence-corrected chi connectivity index (χ4v) is 4.94. The maximum Gasteiger partial charge on any atom is 0.120 e. The van der Waals surface area contributed by atoms with Gasteiger partial charge in [-0.3, -0.25) is 0 Å². The molecule has 0 radical (unpaired) electrons. The van der Waals surface area contributed by atoms with Crippen molar-refractivity contribution in [3.05, 3.63) is 42.0 Å². The topological polar surface area (TPSA) is 55.5 Å². The van der Waals surface area contributed by atoms with Crippen LogP contribution in [0.3, 0.4) is 0 Å². The van der Waals surface area contributed by atoms with Gasteiger partial charge in [-0.15, -0.1) is 0 Å². The maximum atomic E-state index is 9.50. The van der Waals surface area contributed by atoms with Crippen LogP contribution >= 0.6 is 0 Å². The SMILES string of the molecule is CC(N)(CO)c1ccc2cc(O[C@@H]3CCCC4CCCCC43)ccc2c1. The first-order chi connectivity index (χ1) is 12.6. The molecule has 0 heterocycles. The monoisotopic (exact) mass is 353 g/mol. The predicted molar refractivity (Wildman–Crippen MR) is 106 cm³/mol. The van der Waals surface area contributed by atoms with Gasteiger partial charge in [-0.25, -0.2) is 0 Å². The third kappa shape index (κ3) is 3.47. The lowest BCUT2D eigenvalue weighted by Crippen LogP contribution is -2.38. The van der Waals surface area contributed by atoms with Gasteiger partial charge in [0.05, 0.1) is 12.1 Å².